The summed E-state index contributed by atoms with van der Waals surface area (Å²) in [6.45, 7) is 7.02. The van der Waals surface area contributed by atoms with Gasteiger partial charge in [-0.3, -0.25) is 19.2 Å². The van der Waals surface area contributed by atoms with E-state index in [2.05, 4.69) is 17.2 Å². The van der Waals surface area contributed by atoms with Crippen LogP contribution in [-0.2, 0) is 66.5 Å². The van der Waals surface area contributed by atoms with Crippen molar-refractivity contribution in [3.8, 4) is 0 Å². The quantitative estimate of drug-likeness (QED) is 0.127. The standard InChI is InChI=1S/C33H41Cl3N2O15/c1-6-12-44-30-23(37-16(2)39)28(26-22(50-30)14-46-29(52-26)20-10-8-7-9-11-20)53-31-24(38-32(43)47-15-33(34,35)36)27(49-19(5)42)25(48-18(4)41)21(51-31)13-45-17(3)40/h6-11,21-31H,1,12-15H2,2-5H3,(H,37,39)(H,38,43)/t21-,22-,23-,24-,25-,26-,27-,28-,29?,30+,31+/m1/s1. The van der Waals surface area contributed by atoms with E-state index in [0.717, 1.165) is 20.8 Å². The minimum atomic E-state index is -2.00. The number of hydrogen-bond acceptors (Lipinski definition) is 15. The normalized spacial score (nSPS) is 31.2. The number of rotatable bonds is 13. The largest absolute Gasteiger partial charge is 0.463 e. The first-order valence-corrected chi connectivity index (χ1v) is 17.5. The fourth-order valence-corrected chi connectivity index (χ4v) is 6.02. The lowest BCUT2D eigenvalue weighted by Gasteiger charge is -2.51. The zero-order chi connectivity index (χ0) is 38.9. The summed E-state index contributed by atoms with van der Waals surface area (Å²) in [5.41, 5.74) is 0.663. The van der Waals surface area contributed by atoms with Crippen LogP contribution in [0.4, 0.5) is 4.79 Å². The summed E-state index contributed by atoms with van der Waals surface area (Å²) in [6, 6.07) is 6.33. The number of nitrogens with one attached hydrogen (secondary N) is 2. The van der Waals surface area contributed by atoms with Gasteiger partial charge < -0.3 is 58.0 Å². The number of amides is 2. The second-order valence-electron chi connectivity index (χ2n) is 12.0. The number of ether oxygens (including phenoxy) is 10. The molecule has 3 aliphatic rings. The highest BCUT2D eigenvalue weighted by Gasteiger charge is 2.57. The average molecular weight is 812 g/mol. The van der Waals surface area contributed by atoms with E-state index >= 15 is 0 Å². The van der Waals surface area contributed by atoms with Crippen LogP contribution in [0.1, 0.15) is 39.5 Å². The maximum absolute atomic E-state index is 13.2. The third-order valence-corrected chi connectivity index (χ3v) is 8.13. The molecule has 294 valence electrons. The highest BCUT2D eigenvalue weighted by molar-refractivity contribution is 6.67. The molecular weight excluding hydrogens is 771 g/mol. The van der Waals surface area contributed by atoms with Crippen LogP contribution in [0.15, 0.2) is 43.0 Å². The number of alkyl halides is 3. The van der Waals surface area contributed by atoms with Crippen LogP contribution >= 0.6 is 34.8 Å². The van der Waals surface area contributed by atoms with Gasteiger partial charge in [0.25, 0.3) is 0 Å². The minimum Gasteiger partial charge on any atom is -0.463 e. The van der Waals surface area contributed by atoms with E-state index in [9.17, 15) is 24.0 Å². The molecular formula is C33H41Cl3N2O15. The molecule has 3 saturated heterocycles. The maximum atomic E-state index is 13.2. The Hall–Kier alpha value is -3.26. The Morgan fingerprint density at radius 1 is 0.849 bits per heavy atom. The van der Waals surface area contributed by atoms with Crippen molar-refractivity contribution in [3.63, 3.8) is 0 Å². The smallest absolute Gasteiger partial charge is 0.407 e. The first-order chi connectivity index (χ1) is 25.1. The number of fused-ring (bicyclic) bond motifs is 1. The molecule has 0 saturated carbocycles. The molecule has 3 heterocycles. The number of carbonyl (C=O) groups excluding carboxylic acids is 5. The summed E-state index contributed by atoms with van der Waals surface area (Å²) in [7, 11) is 0. The molecule has 1 aromatic rings. The van der Waals surface area contributed by atoms with Crippen molar-refractivity contribution in [2.75, 3.05) is 26.4 Å². The highest BCUT2D eigenvalue weighted by atomic mass is 35.6. The zero-order valence-corrected chi connectivity index (χ0v) is 31.4. The van der Waals surface area contributed by atoms with Crippen LogP contribution in [0, 0.1) is 0 Å². The van der Waals surface area contributed by atoms with Gasteiger partial charge in [-0.25, -0.2) is 4.79 Å². The molecule has 0 bridgehead atoms. The van der Waals surface area contributed by atoms with E-state index in [4.69, 9.17) is 82.2 Å². The number of esters is 3. The SMILES string of the molecule is C=CCO[C@H]1O[C@@H]2COC(c3ccccc3)O[C@H]2[C@H](O[C@@H]2O[C@H](COC(C)=O)[C@@H](OC(C)=O)[C@H](OC(C)=O)[C@H]2NC(=O)OCC(Cl)(Cl)Cl)[C@H]1NC(C)=O. The summed E-state index contributed by atoms with van der Waals surface area (Å²) in [6.07, 6.45) is -10.9. The molecule has 11 atom stereocenters. The van der Waals surface area contributed by atoms with Gasteiger partial charge in [0.2, 0.25) is 9.70 Å². The fraction of sp³-hybridized carbons (Fsp3) is 0.606. The molecule has 53 heavy (non-hydrogen) atoms. The Kier molecular flexibility index (Phi) is 15.5. The summed E-state index contributed by atoms with van der Waals surface area (Å²) in [5, 5.41) is 5.28. The molecule has 0 radical (unpaired) electrons. The lowest BCUT2D eigenvalue weighted by Crippen LogP contribution is -2.71. The first-order valence-electron chi connectivity index (χ1n) is 16.3. The molecule has 0 aromatic heterocycles. The molecule has 4 rings (SSSR count). The molecule has 1 unspecified atom stereocenters. The zero-order valence-electron chi connectivity index (χ0n) is 29.1. The lowest BCUT2D eigenvalue weighted by molar-refractivity contribution is -0.370. The summed E-state index contributed by atoms with van der Waals surface area (Å²) in [4.78, 5) is 62.6. The van der Waals surface area contributed by atoms with E-state index < -0.39 is 114 Å². The Labute approximate surface area is 320 Å². The van der Waals surface area contributed by atoms with Crippen molar-refractivity contribution in [1.29, 1.82) is 0 Å². The van der Waals surface area contributed by atoms with Gasteiger partial charge >= 0.3 is 24.0 Å². The van der Waals surface area contributed by atoms with Crippen LogP contribution < -0.4 is 10.6 Å². The van der Waals surface area contributed by atoms with Crippen LogP contribution in [0.5, 0.6) is 0 Å². The highest BCUT2D eigenvalue weighted by Crippen LogP contribution is 2.38. The summed E-state index contributed by atoms with van der Waals surface area (Å²) < 4.78 is 56.9. The number of carbonyl (C=O) groups is 5. The molecule has 17 nitrogen and oxygen atoms in total. The van der Waals surface area contributed by atoms with Gasteiger partial charge in [0.05, 0.1) is 13.2 Å². The lowest BCUT2D eigenvalue weighted by atomic mass is 9.93. The van der Waals surface area contributed by atoms with E-state index in [1.165, 1.54) is 13.0 Å². The third-order valence-electron chi connectivity index (χ3n) is 7.80. The van der Waals surface area contributed by atoms with Gasteiger partial charge in [-0.1, -0.05) is 71.2 Å². The molecule has 0 spiro atoms. The van der Waals surface area contributed by atoms with E-state index in [-0.39, 0.29) is 13.2 Å². The van der Waals surface area contributed by atoms with Crippen molar-refractivity contribution in [2.24, 2.45) is 0 Å². The van der Waals surface area contributed by atoms with Crippen molar-refractivity contribution < 1.29 is 71.3 Å². The molecule has 2 N–H and O–H groups in total. The predicted molar refractivity (Wildman–Crippen MR) is 182 cm³/mol. The molecule has 1 aromatic carbocycles. The molecule has 3 fully saturated rings. The van der Waals surface area contributed by atoms with Crippen molar-refractivity contribution in [1.82, 2.24) is 10.6 Å². The van der Waals surface area contributed by atoms with Crippen molar-refractivity contribution in [3.05, 3.63) is 48.6 Å². The topological polar surface area (TPSA) is 202 Å². The first kappa shape index (κ1) is 42.5. The Balaban J connectivity index is 1.81. The Bertz CT molecular complexity index is 1450. The Morgan fingerprint density at radius 3 is 2.11 bits per heavy atom. The number of benzene rings is 1. The average Bonchev–Trinajstić information content (AvgIpc) is 3.08. The second-order valence-corrected chi connectivity index (χ2v) is 14.5. The van der Waals surface area contributed by atoms with E-state index in [0.29, 0.717) is 5.56 Å². The minimum absolute atomic E-state index is 0.00141. The van der Waals surface area contributed by atoms with E-state index in [1.807, 2.05) is 6.07 Å². The van der Waals surface area contributed by atoms with Crippen LogP contribution in [0.2, 0.25) is 0 Å². The van der Waals surface area contributed by atoms with Gasteiger partial charge in [-0.05, 0) is 0 Å². The van der Waals surface area contributed by atoms with Gasteiger partial charge in [0.1, 0.15) is 49.7 Å². The van der Waals surface area contributed by atoms with Crippen molar-refractivity contribution in [2.45, 2.75) is 99.1 Å². The number of hydrogen-bond donors (Lipinski definition) is 2. The third kappa shape index (κ3) is 12.4. The summed E-state index contributed by atoms with van der Waals surface area (Å²) in [5.74, 6) is -2.91. The monoisotopic (exact) mass is 810 g/mol. The number of alkyl carbamates (subject to hydrolysis) is 1. The van der Waals surface area contributed by atoms with Crippen molar-refractivity contribution >= 4 is 64.7 Å². The van der Waals surface area contributed by atoms with E-state index in [1.54, 1.807) is 24.3 Å². The molecule has 3 aliphatic heterocycles. The van der Waals surface area contributed by atoms with Crippen LogP contribution in [0.3, 0.4) is 0 Å². The van der Waals surface area contributed by atoms with Crippen LogP contribution in [0.25, 0.3) is 0 Å². The molecule has 2 amide bonds. The van der Waals surface area contributed by atoms with Gasteiger partial charge in [-0.15, -0.1) is 6.58 Å². The number of halogens is 3. The maximum Gasteiger partial charge on any atom is 0.407 e. The molecule has 20 heteroatoms. The molecule has 0 aliphatic carbocycles. The predicted octanol–water partition coefficient (Wildman–Crippen LogP) is 2.53. The van der Waals surface area contributed by atoms with Crippen LogP contribution in [-0.4, -0.2) is 121 Å². The fourth-order valence-electron chi connectivity index (χ4n) is 5.86. The summed E-state index contributed by atoms with van der Waals surface area (Å²) >= 11 is 17.3. The second kappa shape index (κ2) is 19.4. The van der Waals surface area contributed by atoms with Gasteiger partial charge in [0, 0.05) is 33.3 Å². The Morgan fingerprint density at radius 2 is 1.51 bits per heavy atom. The van der Waals surface area contributed by atoms with Gasteiger partial charge in [0.15, 0.2) is 31.1 Å². The van der Waals surface area contributed by atoms with Gasteiger partial charge in [-0.2, -0.15) is 0 Å².